The largest absolute Gasteiger partial charge is 0.361 e. The molecule has 0 saturated heterocycles. The molecule has 0 unspecified atom stereocenters. The summed E-state index contributed by atoms with van der Waals surface area (Å²) in [7, 11) is 0. The van der Waals surface area contributed by atoms with Gasteiger partial charge in [0.15, 0.2) is 0 Å². The minimum atomic E-state index is -0.470. The van der Waals surface area contributed by atoms with Crippen LogP contribution in [0.25, 0.3) is 0 Å². The number of nitrogens with one attached hydrogen (secondary N) is 2. The fourth-order valence-electron chi connectivity index (χ4n) is 1.97. The van der Waals surface area contributed by atoms with Gasteiger partial charge in [-0.3, -0.25) is 15.1 Å². The second-order valence-corrected chi connectivity index (χ2v) is 5.10. The standard InChI is InChI=1S/C14H16N6O2/c21-20(22)12-9-17-14(19-13(12)18-11-4-5-11)16-8-6-10-3-1-2-7-15-10/h1-3,7,9,11H,4-6,8H2,(H2,16,17,18,19). The van der Waals surface area contributed by atoms with E-state index in [4.69, 9.17) is 0 Å². The molecule has 0 aromatic carbocycles. The average Bonchev–Trinajstić information content (AvgIpc) is 3.32. The van der Waals surface area contributed by atoms with Gasteiger partial charge in [-0.2, -0.15) is 4.98 Å². The zero-order valence-electron chi connectivity index (χ0n) is 11.9. The maximum Gasteiger partial charge on any atom is 0.329 e. The molecule has 0 atom stereocenters. The molecule has 1 fully saturated rings. The molecular weight excluding hydrogens is 284 g/mol. The van der Waals surface area contributed by atoms with Gasteiger partial charge in [-0.1, -0.05) is 6.07 Å². The Morgan fingerprint density at radius 2 is 2.18 bits per heavy atom. The maximum atomic E-state index is 11.0. The average molecular weight is 300 g/mol. The van der Waals surface area contributed by atoms with E-state index < -0.39 is 4.92 Å². The molecule has 2 N–H and O–H groups in total. The molecule has 0 radical (unpaired) electrons. The highest BCUT2D eigenvalue weighted by Gasteiger charge is 2.26. The predicted octanol–water partition coefficient (Wildman–Crippen LogP) is 2.01. The molecule has 1 aliphatic carbocycles. The second-order valence-electron chi connectivity index (χ2n) is 5.10. The Kier molecular flexibility index (Phi) is 4.08. The van der Waals surface area contributed by atoms with E-state index in [1.807, 2.05) is 18.2 Å². The molecule has 0 amide bonds. The molecule has 2 aromatic heterocycles. The molecule has 1 aliphatic rings. The number of anilines is 2. The Labute approximate surface area is 127 Å². The molecule has 2 aromatic rings. The molecule has 0 aliphatic heterocycles. The Morgan fingerprint density at radius 3 is 2.86 bits per heavy atom. The summed E-state index contributed by atoms with van der Waals surface area (Å²) in [6.07, 6.45) is 5.75. The molecule has 1 saturated carbocycles. The first kappa shape index (κ1) is 14.2. The third kappa shape index (κ3) is 3.66. The van der Waals surface area contributed by atoms with Crippen LogP contribution in [0.2, 0.25) is 0 Å². The van der Waals surface area contributed by atoms with Crippen LogP contribution in [-0.2, 0) is 6.42 Å². The van der Waals surface area contributed by atoms with Crippen molar-refractivity contribution in [1.82, 2.24) is 15.0 Å². The van der Waals surface area contributed by atoms with Gasteiger partial charge >= 0.3 is 5.69 Å². The first-order valence-corrected chi connectivity index (χ1v) is 7.14. The van der Waals surface area contributed by atoms with Crippen molar-refractivity contribution in [3.05, 3.63) is 46.4 Å². The molecule has 114 valence electrons. The number of pyridine rings is 1. The van der Waals surface area contributed by atoms with E-state index in [0.717, 1.165) is 25.0 Å². The molecule has 0 spiro atoms. The lowest BCUT2D eigenvalue weighted by atomic mass is 10.3. The topological polar surface area (TPSA) is 106 Å². The summed E-state index contributed by atoms with van der Waals surface area (Å²) in [6.45, 7) is 0.609. The van der Waals surface area contributed by atoms with Crippen molar-refractivity contribution >= 4 is 17.5 Å². The van der Waals surface area contributed by atoms with E-state index in [1.54, 1.807) is 6.20 Å². The zero-order valence-corrected chi connectivity index (χ0v) is 11.9. The first-order chi connectivity index (χ1) is 10.7. The van der Waals surface area contributed by atoms with Crippen LogP contribution in [0.3, 0.4) is 0 Å². The van der Waals surface area contributed by atoms with Crippen molar-refractivity contribution in [2.45, 2.75) is 25.3 Å². The zero-order chi connectivity index (χ0) is 15.4. The summed E-state index contributed by atoms with van der Waals surface area (Å²) < 4.78 is 0. The van der Waals surface area contributed by atoms with E-state index in [1.165, 1.54) is 6.20 Å². The molecular formula is C14H16N6O2. The summed E-state index contributed by atoms with van der Waals surface area (Å²) in [5, 5.41) is 17.1. The van der Waals surface area contributed by atoms with Crippen LogP contribution in [-0.4, -0.2) is 32.5 Å². The van der Waals surface area contributed by atoms with E-state index in [-0.39, 0.29) is 17.5 Å². The lowest BCUT2D eigenvalue weighted by Crippen LogP contribution is -2.12. The summed E-state index contributed by atoms with van der Waals surface area (Å²) in [6, 6.07) is 6.03. The SMILES string of the molecule is O=[N+]([O-])c1cnc(NCCc2ccccn2)nc1NC1CC1. The Bertz CT molecular complexity index is 660. The van der Waals surface area contributed by atoms with Crippen molar-refractivity contribution in [3.63, 3.8) is 0 Å². The van der Waals surface area contributed by atoms with Gasteiger partial charge in [-0.15, -0.1) is 0 Å². The predicted molar refractivity (Wildman–Crippen MR) is 81.8 cm³/mol. The van der Waals surface area contributed by atoms with E-state index in [0.29, 0.717) is 12.5 Å². The molecule has 0 bridgehead atoms. The Balaban J connectivity index is 1.64. The van der Waals surface area contributed by atoms with Crippen LogP contribution in [0.1, 0.15) is 18.5 Å². The van der Waals surface area contributed by atoms with Gasteiger partial charge in [0, 0.05) is 30.9 Å². The van der Waals surface area contributed by atoms with Crippen LogP contribution in [0.4, 0.5) is 17.5 Å². The van der Waals surface area contributed by atoms with Crippen LogP contribution in [0.5, 0.6) is 0 Å². The van der Waals surface area contributed by atoms with Gasteiger partial charge in [0.05, 0.1) is 4.92 Å². The van der Waals surface area contributed by atoms with Crippen molar-refractivity contribution in [2.24, 2.45) is 0 Å². The van der Waals surface area contributed by atoms with Crippen LogP contribution in [0, 0.1) is 10.1 Å². The fraction of sp³-hybridized carbons (Fsp3) is 0.357. The van der Waals surface area contributed by atoms with E-state index >= 15 is 0 Å². The smallest absolute Gasteiger partial charge is 0.329 e. The summed E-state index contributed by atoms with van der Waals surface area (Å²) in [5.74, 6) is 0.660. The Morgan fingerprint density at radius 1 is 1.32 bits per heavy atom. The van der Waals surface area contributed by atoms with Gasteiger partial charge in [0.1, 0.15) is 6.20 Å². The van der Waals surface area contributed by atoms with Gasteiger partial charge in [0.25, 0.3) is 0 Å². The van der Waals surface area contributed by atoms with Crippen LogP contribution < -0.4 is 10.6 Å². The van der Waals surface area contributed by atoms with Crippen molar-refractivity contribution in [1.29, 1.82) is 0 Å². The summed E-state index contributed by atoms with van der Waals surface area (Å²) in [4.78, 5) is 23.0. The number of hydrogen-bond acceptors (Lipinski definition) is 7. The highest BCUT2D eigenvalue weighted by molar-refractivity contribution is 5.58. The molecule has 22 heavy (non-hydrogen) atoms. The van der Waals surface area contributed by atoms with Gasteiger partial charge in [-0.25, -0.2) is 4.98 Å². The minimum absolute atomic E-state index is 0.0952. The summed E-state index contributed by atoms with van der Waals surface area (Å²) in [5.41, 5.74) is 0.871. The number of nitrogens with zero attached hydrogens (tertiary/aromatic N) is 4. The monoisotopic (exact) mass is 300 g/mol. The highest BCUT2D eigenvalue weighted by Crippen LogP contribution is 2.29. The fourth-order valence-corrected chi connectivity index (χ4v) is 1.97. The third-order valence-corrected chi connectivity index (χ3v) is 3.27. The van der Waals surface area contributed by atoms with Crippen LogP contribution in [0.15, 0.2) is 30.6 Å². The van der Waals surface area contributed by atoms with Crippen LogP contribution >= 0.6 is 0 Å². The molecule has 2 heterocycles. The van der Waals surface area contributed by atoms with Crippen molar-refractivity contribution in [2.75, 3.05) is 17.2 Å². The van der Waals surface area contributed by atoms with Gasteiger partial charge in [0.2, 0.25) is 11.8 Å². The summed E-state index contributed by atoms with van der Waals surface area (Å²) >= 11 is 0. The lowest BCUT2D eigenvalue weighted by molar-refractivity contribution is -0.384. The first-order valence-electron chi connectivity index (χ1n) is 7.14. The quantitative estimate of drug-likeness (QED) is 0.595. The minimum Gasteiger partial charge on any atom is -0.361 e. The number of aromatic nitrogens is 3. The Hall–Kier alpha value is -2.77. The molecule has 3 rings (SSSR count). The molecule has 8 heteroatoms. The van der Waals surface area contributed by atoms with Crippen molar-refractivity contribution < 1.29 is 4.92 Å². The van der Waals surface area contributed by atoms with Gasteiger partial charge < -0.3 is 10.6 Å². The van der Waals surface area contributed by atoms with E-state index in [9.17, 15) is 10.1 Å². The number of nitro groups is 1. The number of rotatable bonds is 7. The van der Waals surface area contributed by atoms with E-state index in [2.05, 4.69) is 25.6 Å². The van der Waals surface area contributed by atoms with Gasteiger partial charge in [-0.05, 0) is 25.0 Å². The third-order valence-electron chi connectivity index (χ3n) is 3.27. The lowest BCUT2D eigenvalue weighted by Gasteiger charge is -2.08. The number of hydrogen-bond donors (Lipinski definition) is 2. The second kappa shape index (κ2) is 6.33. The highest BCUT2D eigenvalue weighted by atomic mass is 16.6. The molecule has 8 nitrogen and oxygen atoms in total. The van der Waals surface area contributed by atoms with Crippen molar-refractivity contribution in [3.8, 4) is 0 Å². The normalized spacial score (nSPS) is 13.6. The maximum absolute atomic E-state index is 11.0.